The molecule has 6 heteroatoms. The van der Waals surface area contributed by atoms with E-state index in [0.717, 1.165) is 29.1 Å². The Balaban J connectivity index is 1.83. The lowest BCUT2D eigenvalue weighted by Gasteiger charge is -2.11. The molecule has 0 spiro atoms. The molecule has 0 fully saturated rings. The van der Waals surface area contributed by atoms with Crippen molar-refractivity contribution in [3.8, 4) is 5.75 Å². The third-order valence-corrected chi connectivity index (χ3v) is 4.06. The predicted octanol–water partition coefficient (Wildman–Crippen LogP) is 4.35. The monoisotopic (exact) mass is 362 g/mol. The van der Waals surface area contributed by atoms with E-state index in [1.165, 1.54) is 0 Å². The summed E-state index contributed by atoms with van der Waals surface area (Å²) in [6, 6.07) is 16.9. The standard InChI is InChI=1S/C21H22N4O2/c1-4-15-8-5-6-11-18(15)25-21(26)19-13-20(23-14(2)22-19)24-16-9-7-10-17(12-16)27-3/h5-13H,4H2,1-3H3,(H,25,26)(H,22,23,24). The van der Waals surface area contributed by atoms with E-state index in [9.17, 15) is 4.79 Å². The van der Waals surface area contributed by atoms with Gasteiger partial charge in [-0.2, -0.15) is 0 Å². The average Bonchev–Trinajstić information content (AvgIpc) is 2.68. The SMILES string of the molecule is CCc1ccccc1NC(=O)c1cc(Nc2cccc(OC)c2)nc(C)n1. The van der Waals surface area contributed by atoms with Crippen LogP contribution >= 0.6 is 0 Å². The lowest BCUT2D eigenvalue weighted by Crippen LogP contribution is -2.16. The maximum atomic E-state index is 12.7. The minimum Gasteiger partial charge on any atom is -0.497 e. The molecule has 0 bridgehead atoms. The van der Waals surface area contributed by atoms with Crippen LogP contribution in [-0.4, -0.2) is 23.0 Å². The molecule has 0 aliphatic heterocycles. The zero-order valence-electron chi connectivity index (χ0n) is 15.6. The fourth-order valence-electron chi connectivity index (χ4n) is 2.73. The number of para-hydroxylation sites is 1. The fraction of sp³-hybridized carbons (Fsp3) is 0.190. The van der Waals surface area contributed by atoms with E-state index in [-0.39, 0.29) is 5.91 Å². The molecule has 0 aliphatic carbocycles. The van der Waals surface area contributed by atoms with E-state index < -0.39 is 0 Å². The van der Waals surface area contributed by atoms with Gasteiger partial charge < -0.3 is 15.4 Å². The number of hydrogen-bond donors (Lipinski definition) is 2. The number of nitrogens with zero attached hydrogens (tertiary/aromatic N) is 2. The van der Waals surface area contributed by atoms with Crippen molar-refractivity contribution < 1.29 is 9.53 Å². The molecule has 2 N–H and O–H groups in total. The number of nitrogens with one attached hydrogen (secondary N) is 2. The van der Waals surface area contributed by atoms with Crippen molar-refractivity contribution in [3.05, 3.63) is 71.7 Å². The van der Waals surface area contributed by atoms with E-state index in [2.05, 4.69) is 27.5 Å². The summed E-state index contributed by atoms with van der Waals surface area (Å²) in [5.74, 6) is 1.52. The third kappa shape index (κ3) is 4.61. The van der Waals surface area contributed by atoms with Crippen LogP contribution in [0.5, 0.6) is 5.75 Å². The van der Waals surface area contributed by atoms with Gasteiger partial charge in [0.1, 0.15) is 23.1 Å². The van der Waals surface area contributed by atoms with Crippen molar-refractivity contribution >= 4 is 23.1 Å². The van der Waals surface area contributed by atoms with Crippen molar-refractivity contribution in [3.63, 3.8) is 0 Å². The van der Waals surface area contributed by atoms with Gasteiger partial charge in [0.15, 0.2) is 0 Å². The first-order valence-corrected chi connectivity index (χ1v) is 8.75. The molecule has 1 aromatic heterocycles. The Bertz CT molecular complexity index is 956. The molecular formula is C21H22N4O2. The van der Waals surface area contributed by atoms with Gasteiger partial charge in [0.05, 0.1) is 7.11 Å². The Hall–Kier alpha value is -3.41. The Labute approximate surface area is 158 Å². The summed E-state index contributed by atoms with van der Waals surface area (Å²) in [5.41, 5.74) is 2.99. The van der Waals surface area contributed by atoms with E-state index in [4.69, 9.17) is 4.74 Å². The van der Waals surface area contributed by atoms with Crippen molar-refractivity contribution in [1.82, 2.24) is 9.97 Å². The minimum atomic E-state index is -0.268. The van der Waals surface area contributed by atoms with Gasteiger partial charge in [-0.3, -0.25) is 4.79 Å². The van der Waals surface area contributed by atoms with Crippen LogP contribution in [0.4, 0.5) is 17.2 Å². The zero-order valence-corrected chi connectivity index (χ0v) is 15.6. The highest BCUT2D eigenvalue weighted by Gasteiger charge is 2.12. The van der Waals surface area contributed by atoms with Gasteiger partial charge in [0.25, 0.3) is 5.91 Å². The molecule has 0 saturated carbocycles. The number of rotatable bonds is 6. The molecule has 0 aliphatic rings. The molecule has 2 aromatic carbocycles. The molecular weight excluding hydrogens is 340 g/mol. The quantitative estimate of drug-likeness (QED) is 0.682. The van der Waals surface area contributed by atoms with Crippen LogP contribution in [0, 0.1) is 6.92 Å². The topological polar surface area (TPSA) is 76.1 Å². The average molecular weight is 362 g/mol. The van der Waals surface area contributed by atoms with Gasteiger partial charge in [-0.1, -0.05) is 31.2 Å². The molecule has 0 atom stereocenters. The molecule has 6 nitrogen and oxygen atoms in total. The fourth-order valence-corrected chi connectivity index (χ4v) is 2.73. The molecule has 138 valence electrons. The van der Waals surface area contributed by atoms with Crippen LogP contribution in [0.15, 0.2) is 54.6 Å². The molecule has 3 aromatic rings. The Morgan fingerprint density at radius 2 is 1.89 bits per heavy atom. The summed E-state index contributed by atoms with van der Waals surface area (Å²) >= 11 is 0. The van der Waals surface area contributed by atoms with Crippen molar-refractivity contribution in [2.45, 2.75) is 20.3 Å². The molecule has 1 amide bonds. The van der Waals surface area contributed by atoms with Crippen LogP contribution in [-0.2, 0) is 6.42 Å². The normalized spacial score (nSPS) is 10.3. The van der Waals surface area contributed by atoms with Crippen molar-refractivity contribution in [2.75, 3.05) is 17.7 Å². The predicted molar refractivity (Wildman–Crippen MR) is 107 cm³/mol. The van der Waals surface area contributed by atoms with Crippen molar-refractivity contribution in [2.24, 2.45) is 0 Å². The smallest absolute Gasteiger partial charge is 0.274 e. The number of amides is 1. The second-order valence-electron chi connectivity index (χ2n) is 6.01. The number of carbonyl (C=O) groups excluding carboxylic acids is 1. The Morgan fingerprint density at radius 1 is 1.07 bits per heavy atom. The van der Waals surface area contributed by atoms with Crippen LogP contribution in [0.1, 0.15) is 28.8 Å². The molecule has 27 heavy (non-hydrogen) atoms. The maximum Gasteiger partial charge on any atom is 0.274 e. The van der Waals surface area contributed by atoms with Gasteiger partial charge in [-0.15, -0.1) is 0 Å². The number of carbonyl (C=O) groups is 1. The van der Waals surface area contributed by atoms with Crippen LogP contribution < -0.4 is 15.4 Å². The van der Waals surface area contributed by atoms with E-state index in [1.807, 2.05) is 48.5 Å². The number of anilines is 3. The highest BCUT2D eigenvalue weighted by Crippen LogP contribution is 2.21. The lowest BCUT2D eigenvalue weighted by atomic mass is 10.1. The largest absolute Gasteiger partial charge is 0.497 e. The first-order chi connectivity index (χ1) is 13.1. The zero-order chi connectivity index (χ0) is 19.2. The summed E-state index contributed by atoms with van der Waals surface area (Å²) in [6.07, 6.45) is 0.835. The summed E-state index contributed by atoms with van der Waals surface area (Å²) in [6.45, 7) is 3.81. The van der Waals surface area contributed by atoms with Gasteiger partial charge in [-0.25, -0.2) is 9.97 Å². The summed E-state index contributed by atoms with van der Waals surface area (Å²) in [4.78, 5) is 21.3. The molecule has 3 rings (SSSR count). The number of ether oxygens (including phenoxy) is 1. The van der Waals surface area contributed by atoms with Gasteiger partial charge in [0.2, 0.25) is 0 Å². The number of aromatic nitrogens is 2. The van der Waals surface area contributed by atoms with Gasteiger partial charge in [0, 0.05) is 23.5 Å². The molecule has 1 heterocycles. The third-order valence-electron chi connectivity index (χ3n) is 4.06. The maximum absolute atomic E-state index is 12.7. The van der Waals surface area contributed by atoms with Crippen LogP contribution in [0.3, 0.4) is 0 Å². The Morgan fingerprint density at radius 3 is 2.67 bits per heavy atom. The lowest BCUT2D eigenvalue weighted by molar-refractivity contribution is 0.102. The number of hydrogen-bond acceptors (Lipinski definition) is 5. The Kier molecular flexibility index (Phi) is 5.66. The highest BCUT2D eigenvalue weighted by molar-refractivity contribution is 6.03. The van der Waals surface area contributed by atoms with E-state index in [0.29, 0.717) is 17.3 Å². The minimum absolute atomic E-state index is 0.268. The molecule has 0 saturated heterocycles. The highest BCUT2D eigenvalue weighted by atomic mass is 16.5. The summed E-state index contributed by atoms with van der Waals surface area (Å²) in [5, 5.41) is 6.13. The second kappa shape index (κ2) is 8.31. The summed E-state index contributed by atoms with van der Waals surface area (Å²) < 4.78 is 5.23. The second-order valence-corrected chi connectivity index (χ2v) is 6.01. The number of methoxy groups -OCH3 is 1. The van der Waals surface area contributed by atoms with Gasteiger partial charge in [-0.05, 0) is 37.1 Å². The van der Waals surface area contributed by atoms with E-state index in [1.54, 1.807) is 20.1 Å². The first kappa shape index (κ1) is 18.4. The van der Waals surface area contributed by atoms with E-state index >= 15 is 0 Å². The van der Waals surface area contributed by atoms with Crippen molar-refractivity contribution in [1.29, 1.82) is 0 Å². The molecule has 0 unspecified atom stereocenters. The first-order valence-electron chi connectivity index (χ1n) is 8.75. The number of aryl methyl sites for hydroxylation is 2. The van der Waals surface area contributed by atoms with Crippen LogP contribution in [0.2, 0.25) is 0 Å². The van der Waals surface area contributed by atoms with Gasteiger partial charge >= 0.3 is 0 Å². The molecule has 0 radical (unpaired) electrons. The summed E-state index contributed by atoms with van der Waals surface area (Å²) in [7, 11) is 1.62. The number of benzene rings is 2. The van der Waals surface area contributed by atoms with Crippen LogP contribution in [0.25, 0.3) is 0 Å².